The topological polar surface area (TPSA) is 77.6 Å². The second-order valence-corrected chi connectivity index (χ2v) is 6.86. The van der Waals surface area contributed by atoms with E-state index >= 15 is 0 Å². The monoisotopic (exact) mass is 395 g/mol. The highest BCUT2D eigenvalue weighted by Gasteiger charge is 2.24. The number of Topliss-reactive ketones (excluding diaryl/α,β-unsaturated/α-hetero) is 1. The maximum absolute atomic E-state index is 12.9. The summed E-state index contributed by atoms with van der Waals surface area (Å²) in [5.41, 5.74) is 3.15. The van der Waals surface area contributed by atoms with Gasteiger partial charge in [0.15, 0.2) is 17.6 Å². The predicted molar refractivity (Wildman–Crippen MR) is 111 cm³/mol. The number of hydrogen-bond acceptors (Lipinski definition) is 5. The fraction of sp³-hybridized carbons (Fsp3) is 0.304. The van der Waals surface area contributed by atoms with E-state index in [0.717, 1.165) is 22.2 Å². The van der Waals surface area contributed by atoms with Crippen molar-refractivity contribution in [1.29, 1.82) is 0 Å². The molecule has 3 rings (SSSR count). The summed E-state index contributed by atoms with van der Waals surface area (Å²) in [5.74, 6) is 0.612. The fourth-order valence-corrected chi connectivity index (χ4v) is 3.39. The molecule has 152 valence electrons. The number of H-pyrrole nitrogens is 1. The summed E-state index contributed by atoms with van der Waals surface area (Å²) in [6, 6.07) is 13.1. The van der Waals surface area contributed by atoms with Crippen LogP contribution in [0.5, 0.6) is 11.5 Å². The normalized spacial score (nSPS) is 11.9. The predicted octanol–water partition coefficient (Wildman–Crippen LogP) is 4.24. The van der Waals surface area contributed by atoms with Crippen molar-refractivity contribution in [2.75, 3.05) is 14.2 Å². The number of nitrogens with one attached hydrogen (secondary N) is 1. The number of ether oxygens (including phenoxy) is 3. The average Bonchev–Trinajstić information content (AvgIpc) is 3.06. The number of aryl methyl sites for hydroxylation is 2. The van der Waals surface area contributed by atoms with E-state index in [1.54, 1.807) is 27.2 Å². The van der Waals surface area contributed by atoms with Crippen LogP contribution < -0.4 is 9.47 Å². The Hall–Kier alpha value is -3.28. The Morgan fingerprint density at radius 2 is 1.76 bits per heavy atom. The summed E-state index contributed by atoms with van der Waals surface area (Å²) >= 11 is 0. The van der Waals surface area contributed by atoms with Gasteiger partial charge < -0.3 is 19.2 Å². The third kappa shape index (κ3) is 4.42. The lowest BCUT2D eigenvalue weighted by molar-refractivity contribution is -0.146. The molecule has 0 aliphatic heterocycles. The van der Waals surface area contributed by atoms with Crippen molar-refractivity contribution in [3.63, 3.8) is 0 Å². The lowest BCUT2D eigenvalue weighted by Crippen LogP contribution is -2.25. The van der Waals surface area contributed by atoms with E-state index in [9.17, 15) is 9.59 Å². The second kappa shape index (κ2) is 8.82. The Balaban J connectivity index is 1.63. The van der Waals surface area contributed by atoms with Crippen LogP contribution in [0.1, 0.15) is 35.0 Å². The highest BCUT2D eigenvalue weighted by atomic mass is 16.5. The zero-order valence-corrected chi connectivity index (χ0v) is 17.1. The van der Waals surface area contributed by atoms with E-state index < -0.39 is 12.1 Å². The van der Waals surface area contributed by atoms with Gasteiger partial charge in [0, 0.05) is 28.6 Å². The molecule has 6 nitrogen and oxygen atoms in total. The lowest BCUT2D eigenvalue weighted by atomic mass is 10.0. The quantitative estimate of drug-likeness (QED) is 0.456. The van der Waals surface area contributed by atoms with Gasteiger partial charge in [0.05, 0.1) is 14.2 Å². The van der Waals surface area contributed by atoms with E-state index in [1.165, 1.54) is 0 Å². The molecule has 0 spiro atoms. The van der Waals surface area contributed by atoms with Gasteiger partial charge in [0.25, 0.3) is 0 Å². The number of carbonyl (C=O) groups excluding carboxylic acids is 2. The number of aromatic nitrogens is 1. The fourth-order valence-electron chi connectivity index (χ4n) is 3.39. The molecule has 2 aromatic carbocycles. The van der Waals surface area contributed by atoms with Gasteiger partial charge in [-0.3, -0.25) is 9.59 Å². The zero-order chi connectivity index (χ0) is 21.0. The molecule has 0 radical (unpaired) electrons. The molecule has 6 heteroatoms. The first-order chi connectivity index (χ1) is 13.9. The van der Waals surface area contributed by atoms with Gasteiger partial charge in [-0.05, 0) is 44.0 Å². The van der Waals surface area contributed by atoms with Crippen molar-refractivity contribution >= 4 is 22.7 Å². The van der Waals surface area contributed by atoms with Gasteiger partial charge >= 0.3 is 5.97 Å². The number of rotatable bonds is 8. The number of carbonyl (C=O) groups is 2. The van der Waals surface area contributed by atoms with Crippen LogP contribution in [0.25, 0.3) is 10.9 Å². The third-order valence-electron chi connectivity index (χ3n) is 4.88. The molecule has 3 aromatic rings. The van der Waals surface area contributed by atoms with Crippen LogP contribution in [0.4, 0.5) is 0 Å². The number of esters is 1. The van der Waals surface area contributed by atoms with Crippen molar-refractivity contribution < 1.29 is 23.8 Å². The van der Waals surface area contributed by atoms with Crippen molar-refractivity contribution in [2.24, 2.45) is 0 Å². The summed E-state index contributed by atoms with van der Waals surface area (Å²) in [7, 11) is 3.14. The highest BCUT2D eigenvalue weighted by Crippen LogP contribution is 2.28. The maximum atomic E-state index is 12.9. The summed E-state index contributed by atoms with van der Waals surface area (Å²) in [4.78, 5) is 28.4. The second-order valence-electron chi connectivity index (χ2n) is 6.86. The molecule has 0 saturated heterocycles. The van der Waals surface area contributed by atoms with Gasteiger partial charge in [0.2, 0.25) is 5.78 Å². The first kappa shape index (κ1) is 20.5. The Bertz CT molecular complexity index is 1040. The number of methoxy groups -OCH3 is 2. The Morgan fingerprint density at radius 1 is 1.03 bits per heavy atom. The van der Waals surface area contributed by atoms with E-state index in [0.29, 0.717) is 23.5 Å². The molecular weight excluding hydrogens is 370 g/mol. The Kier molecular flexibility index (Phi) is 6.22. The zero-order valence-electron chi connectivity index (χ0n) is 17.1. The van der Waals surface area contributed by atoms with Gasteiger partial charge in [-0.2, -0.15) is 0 Å². The van der Waals surface area contributed by atoms with Crippen LogP contribution in [-0.4, -0.2) is 37.1 Å². The number of hydrogen-bond donors (Lipinski definition) is 1. The molecule has 0 fully saturated rings. The van der Waals surface area contributed by atoms with Gasteiger partial charge in [-0.1, -0.05) is 24.3 Å². The number of para-hydroxylation sites is 1. The standard InChI is InChI=1S/C23H25NO5/c1-14-22(17-7-5-6-8-18(17)24-14)23(26)15(2)29-21(25)12-10-16-9-11-19(27-3)20(13-16)28-4/h5-9,11,13,15,24H,10,12H2,1-4H3/t15-/m1/s1. The molecular formula is C23H25NO5. The first-order valence-corrected chi connectivity index (χ1v) is 9.46. The van der Waals surface area contributed by atoms with E-state index in [2.05, 4.69) is 4.98 Å². The summed E-state index contributed by atoms with van der Waals surface area (Å²) < 4.78 is 15.9. The number of fused-ring (bicyclic) bond motifs is 1. The van der Waals surface area contributed by atoms with E-state index in [-0.39, 0.29) is 12.2 Å². The molecule has 0 aliphatic carbocycles. The molecule has 29 heavy (non-hydrogen) atoms. The van der Waals surface area contributed by atoms with Crippen molar-refractivity contribution in [1.82, 2.24) is 4.98 Å². The first-order valence-electron chi connectivity index (χ1n) is 9.46. The molecule has 0 unspecified atom stereocenters. The van der Waals surface area contributed by atoms with Crippen LogP contribution in [0.2, 0.25) is 0 Å². The molecule has 0 bridgehead atoms. The lowest BCUT2D eigenvalue weighted by Gasteiger charge is -2.13. The summed E-state index contributed by atoms with van der Waals surface area (Å²) in [5, 5.41) is 0.836. The van der Waals surface area contributed by atoms with Crippen molar-refractivity contribution in [3.8, 4) is 11.5 Å². The molecule has 1 N–H and O–H groups in total. The van der Waals surface area contributed by atoms with Crippen LogP contribution in [-0.2, 0) is 16.0 Å². The van der Waals surface area contributed by atoms with Gasteiger partial charge in [0.1, 0.15) is 0 Å². The molecule has 0 aliphatic rings. The third-order valence-corrected chi connectivity index (χ3v) is 4.88. The van der Waals surface area contributed by atoms with Crippen molar-refractivity contribution in [3.05, 3.63) is 59.3 Å². The molecule has 1 aromatic heterocycles. The number of aromatic amines is 1. The SMILES string of the molecule is COc1ccc(CCC(=O)O[C@H](C)C(=O)c2c(C)[nH]c3ccccc23)cc1OC. The minimum atomic E-state index is -0.856. The number of benzene rings is 2. The van der Waals surface area contributed by atoms with Gasteiger partial charge in [-0.15, -0.1) is 0 Å². The van der Waals surface area contributed by atoms with Crippen LogP contribution >= 0.6 is 0 Å². The Labute approximate surface area is 169 Å². The molecule has 0 amide bonds. The maximum Gasteiger partial charge on any atom is 0.306 e. The number of ketones is 1. The minimum Gasteiger partial charge on any atom is -0.493 e. The van der Waals surface area contributed by atoms with E-state index in [4.69, 9.17) is 14.2 Å². The average molecular weight is 395 g/mol. The van der Waals surface area contributed by atoms with Crippen LogP contribution in [0.3, 0.4) is 0 Å². The molecule has 0 saturated carbocycles. The summed E-state index contributed by atoms with van der Waals surface area (Å²) in [6.07, 6.45) is -0.211. The van der Waals surface area contributed by atoms with Crippen LogP contribution in [0, 0.1) is 6.92 Å². The smallest absolute Gasteiger partial charge is 0.306 e. The van der Waals surface area contributed by atoms with Crippen molar-refractivity contribution in [2.45, 2.75) is 32.8 Å². The Morgan fingerprint density at radius 3 is 2.48 bits per heavy atom. The van der Waals surface area contributed by atoms with E-state index in [1.807, 2.05) is 43.3 Å². The molecule has 1 atom stereocenters. The van der Waals surface area contributed by atoms with Crippen LogP contribution in [0.15, 0.2) is 42.5 Å². The molecule has 1 heterocycles. The highest BCUT2D eigenvalue weighted by molar-refractivity contribution is 6.11. The largest absolute Gasteiger partial charge is 0.493 e. The minimum absolute atomic E-state index is 0.167. The summed E-state index contributed by atoms with van der Waals surface area (Å²) in [6.45, 7) is 3.46. The van der Waals surface area contributed by atoms with Gasteiger partial charge in [-0.25, -0.2) is 0 Å².